The number of aryl methyl sites for hydroxylation is 1. The molecule has 0 aliphatic heterocycles. The zero-order valence-electron chi connectivity index (χ0n) is 10.2. The van der Waals surface area contributed by atoms with Crippen LogP contribution in [-0.2, 0) is 11.2 Å². The van der Waals surface area contributed by atoms with Gasteiger partial charge < -0.3 is 9.47 Å². The van der Waals surface area contributed by atoms with Crippen molar-refractivity contribution in [3.8, 4) is 11.5 Å². The number of ether oxygens (including phenoxy) is 2. The molecule has 0 radical (unpaired) electrons. The van der Waals surface area contributed by atoms with E-state index in [1.807, 2.05) is 18.2 Å². The lowest BCUT2D eigenvalue weighted by Gasteiger charge is -2.10. The Balaban J connectivity index is 2.74. The SMILES string of the molecule is CCCCc1ccc(OCC(=O)Cl)c(OC)c1. The van der Waals surface area contributed by atoms with Gasteiger partial charge >= 0.3 is 0 Å². The second-order valence-electron chi connectivity index (χ2n) is 3.73. The van der Waals surface area contributed by atoms with Gasteiger partial charge in [-0.05, 0) is 42.1 Å². The van der Waals surface area contributed by atoms with Crippen molar-refractivity contribution >= 4 is 16.8 Å². The minimum atomic E-state index is -0.526. The molecule has 1 aromatic carbocycles. The maximum Gasteiger partial charge on any atom is 0.259 e. The van der Waals surface area contributed by atoms with Gasteiger partial charge in [0.2, 0.25) is 0 Å². The fourth-order valence-corrected chi connectivity index (χ4v) is 1.56. The number of hydrogen-bond acceptors (Lipinski definition) is 3. The van der Waals surface area contributed by atoms with Crippen LogP contribution in [0.5, 0.6) is 11.5 Å². The fourth-order valence-electron chi connectivity index (χ4n) is 1.50. The molecule has 0 aliphatic carbocycles. The summed E-state index contributed by atoms with van der Waals surface area (Å²) in [4.78, 5) is 10.6. The molecule has 0 fully saturated rings. The van der Waals surface area contributed by atoms with Gasteiger partial charge in [0.05, 0.1) is 7.11 Å². The van der Waals surface area contributed by atoms with Crippen LogP contribution < -0.4 is 9.47 Å². The number of carbonyl (C=O) groups is 1. The molecule has 0 amide bonds. The van der Waals surface area contributed by atoms with Crippen molar-refractivity contribution in [3.05, 3.63) is 23.8 Å². The van der Waals surface area contributed by atoms with Crippen LogP contribution in [0.2, 0.25) is 0 Å². The Morgan fingerprint density at radius 3 is 2.71 bits per heavy atom. The summed E-state index contributed by atoms with van der Waals surface area (Å²) in [6.07, 6.45) is 3.31. The normalized spacial score (nSPS) is 10.1. The summed E-state index contributed by atoms with van der Waals surface area (Å²) >= 11 is 5.22. The summed E-state index contributed by atoms with van der Waals surface area (Å²) in [7, 11) is 1.58. The molecule has 0 saturated carbocycles. The lowest BCUT2D eigenvalue weighted by molar-refractivity contribution is -0.113. The van der Waals surface area contributed by atoms with Gasteiger partial charge in [0, 0.05) is 0 Å². The van der Waals surface area contributed by atoms with Gasteiger partial charge in [-0.3, -0.25) is 4.79 Å². The summed E-state index contributed by atoms with van der Waals surface area (Å²) in [6, 6.07) is 5.72. The Bertz CT molecular complexity index is 377. The number of rotatable bonds is 7. The van der Waals surface area contributed by atoms with Crippen LogP contribution in [0.1, 0.15) is 25.3 Å². The smallest absolute Gasteiger partial charge is 0.259 e. The standard InChI is InChI=1S/C13H17ClO3/c1-3-4-5-10-6-7-11(12(8-10)16-2)17-9-13(14)15/h6-8H,3-5,9H2,1-2H3. The van der Waals surface area contributed by atoms with E-state index in [9.17, 15) is 4.79 Å². The van der Waals surface area contributed by atoms with Gasteiger partial charge in [-0.25, -0.2) is 0 Å². The molecular formula is C13H17ClO3. The van der Waals surface area contributed by atoms with E-state index in [0.717, 1.165) is 19.3 Å². The van der Waals surface area contributed by atoms with E-state index < -0.39 is 5.24 Å². The van der Waals surface area contributed by atoms with Gasteiger partial charge in [-0.1, -0.05) is 19.4 Å². The second-order valence-corrected chi connectivity index (χ2v) is 4.15. The van der Waals surface area contributed by atoms with Gasteiger partial charge in [-0.2, -0.15) is 0 Å². The molecule has 0 aromatic heterocycles. The van der Waals surface area contributed by atoms with Crippen LogP contribution in [0.3, 0.4) is 0 Å². The molecule has 0 heterocycles. The first-order valence-electron chi connectivity index (χ1n) is 5.65. The molecule has 0 saturated heterocycles. The number of methoxy groups -OCH3 is 1. The number of unbranched alkanes of at least 4 members (excludes halogenated alkanes) is 1. The first kappa shape index (κ1) is 13.8. The van der Waals surface area contributed by atoms with E-state index in [4.69, 9.17) is 21.1 Å². The van der Waals surface area contributed by atoms with Crippen molar-refractivity contribution in [3.63, 3.8) is 0 Å². The quantitative estimate of drug-likeness (QED) is 0.703. The Labute approximate surface area is 107 Å². The van der Waals surface area contributed by atoms with Crippen LogP contribution in [0.25, 0.3) is 0 Å². The van der Waals surface area contributed by atoms with E-state index in [-0.39, 0.29) is 6.61 Å². The highest BCUT2D eigenvalue weighted by Crippen LogP contribution is 2.28. The molecule has 1 aromatic rings. The van der Waals surface area contributed by atoms with Gasteiger partial charge in [-0.15, -0.1) is 0 Å². The summed E-state index contributed by atoms with van der Waals surface area (Å²) < 4.78 is 10.5. The number of hydrogen-bond donors (Lipinski definition) is 0. The summed E-state index contributed by atoms with van der Waals surface area (Å²) in [5, 5.41) is -0.526. The molecular weight excluding hydrogens is 240 g/mol. The highest BCUT2D eigenvalue weighted by Gasteiger charge is 2.07. The molecule has 0 N–H and O–H groups in total. The van der Waals surface area contributed by atoms with E-state index >= 15 is 0 Å². The van der Waals surface area contributed by atoms with Crippen LogP contribution in [-0.4, -0.2) is 19.0 Å². The van der Waals surface area contributed by atoms with Crippen molar-refractivity contribution in [1.29, 1.82) is 0 Å². The molecule has 4 heteroatoms. The average molecular weight is 257 g/mol. The fraction of sp³-hybridized carbons (Fsp3) is 0.462. The Morgan fingerprint density at radius 2 is 2.12 bits per heavy atom. The first-order valence-corrected chi connectivity index (χ1v) is 6.03. The lowest BCUT2D eigenvalue weighted by atomic mass is 10.1. The first-order chi connectivity index (χ1) is 8.17. The van der Waals surface area contributed by atoms with Crippen LogP contribution in [0.15, 0.2) is 18.2 Å². The predicted molar refractivity (Wildman–Crippen MR) is 68.0 cm³/mol. The van der Waals surface area contributed by atoms with E-state index in [2.05, 4.69) is 6.92 Å². The molecule has 0 aliphatic rings. The van der Waals surface area contributed by atoms with Crippen molar-refractivity contribution in [2.24, 2.45) is 0 Å². The van der Waals surface area contributed by atoms with E-state index in [1.165, 1.54) is 5.56 Å². The molecule has 17 heavy (non-hydrogen) atoms. The van der Waals surface area contributed by atoms with Gasteiger partial charge in [0.15, 0.2) is 18.1 Å². The van der Waals surface area contributed by atoms with Gasteiger partial charge in [0.25, 0.3) is 5.24 Å². The molecule has 1 rings (SSSR count). The summed E-state index contributed by atoms with van der Waals surface area (Å²) in [5.41, 5.74) is 1.20. The lowest BCUT2D eigenvalue weighted by Crippen LogP contribution is -2.05. The zero-order chi connectivity index (χ0) is 12.7. The van der Waals surface area contributed by atoms with E-state index in [0.29, 0.717) is 11.5 Å². The zero-order valence-corrected chi connectivity index (χ0v) is 10.9. The Kier molecular flexibility index (Phi) is 5.84. The minimum Gasteiger partial charge on any atom is -0.493 e. The molecule has 0 spiro atoms. The number of benzene rings is 1. The van der Waals surface area contributed by atoms with Crippen molar-refractivity contribution < 1.29 is 14.3 Å². The van der Waals surface area contributed by atoms with Crippen molar-refractivity contribution in [2.45, 2.75) is 26.2 Å². The van der Waals surface area contributed by atoms with E-state index in [1.54, 1.807) is 7.11 Å². The highest BCUT2D eigenvalue weighted by atomic mass is 35.5. The monoisotopic (exact) mass is 256 g/mol. The van der Waals surface area contributed by atoms with Crippen LogP contribution in [0, 0.1) is 0 Å². The Hall–Kier alpha value is -1.22. The van der Waals surface area contributed by atoms with Crippen LogP contribution in [0.4, 0.5) is 0 Å². The molecule has 0 atom stereocenters. The third-order valence-corrected chi connectivity index (χ3v) is 2.50. The predicted octanol–water partition coefficient (Wildman–Crippen LogP) is 3.18. The van der Waals surface area contributed by atoms with Gasteiger partial charge in [0.1, 0.15) is 0 Å². The molecule has 0 bridgehead atoms. The summed E-state index contributed by atoms with van der Waals surface area (Å²) in [6.45, 7) is 2.01. The topological polar surface area (TPSA) is 35.5 Å². The van der Waals surface area contributed by atoms with Crippen molar-refractivity contribution in [2.75, 3.05) is 13.7 Å². The van der Waals surface area contributed by atoms with Crippen LogP contribution >= 0.6 is 11.6 Å². The number of halogens is 1. The second kappa shape index (κ2) is 7.17. The average Bonchev–Trinajstić information content (AvgIpc) is 2.34. The maximum absolute atomic E-state index is 10.6. The largest absolute Gasteiger partial charge is 0.493 e. The maximum atomic E-state index is 10.6. The summed E-state index contributed by atoms with van der Waals surface area (Å²) in [5.74, 6) is 1.18. The van der Waals surface area contributed by atoms with Crippen molar-refractivity contribution in [1.82, 2.24) is 0 Å². The highest BCUT2D eigenvalue weighted by molar-refractivity contribution is 6.63. The Morgan fingerprint density at radius 1 is 1.35 bits per heavy atom. The minimum absolute atomic E-state index is 0.147. The number of carbonyl (C=O) groups excluding carboxylic acids is 1. The molecule has 0 unspecified atom stereocenters. The molecule has 3 nitrogen and oxygen atoms in total. The molecule has 94 valence electrons. The third kappa shape index (κ3) is 4.65. The third-order valence-electron chi connectivity index (χ3n) is 2.39.